The van der Waals surface area contributed by atoms with Crippen molar-refractivity contribution in [1.29, 1.82) is 0 Å². The number of pyridine rings is 1. The molecule has 0 aliphatic heterocycles. The number of halogens is 1. The Morgan fingerprint density at radius 2 is 2.09 bits per heavy atom. The molecule has 3 rings (SSSR count). The van der Waals surface area contributed by atoms with E-state index in [-0.39, 0.29) is 17.3 Å². The molecular weight excluding hydrogens is 281 g/mol. The number of aromatic nitrogens is 1. The summed E-state index contributed by atoms with van der Waals surface area (Å²) >= 11 is 0. The highest BCUT2D eigenvalue weighted by molar-refractivity contribution is 5.99. The summed E-state index contributed by atoms with van der Waals surface area (Å²) in [6, 6.07) is 6.16. The SMILES string of the molecule is Cc1nc2cc(F)ccc2cc1C(=O)NC1(CN)CCCC1. The van der Waals surface area contributed by atoms with Gasteiger partial charge in [-0.1, -0.05) is 12.8 Å². The van der Waals surface area contributed by atoms with E-state index in [0.717, 1.165) is 31.1 Å². The van der Waals surface area contributed by atoms with Crippen LogP contribution in [0.3, 0.4) is 0 Å². The molecular formula is C17H20FN3O. The molecule has 1 heterocycles. The molecule has 1 fully saturated rings. The third kappa shape index (κ3) is 2.68. The van der Waals surface area contributed by atoms with Gasteiger partial charge in [-0.25, -0.2) is 4.39 Å². The molecule has 22 heavy (non-hydrogen) atoms. The molecule has 0 atom stereocenters. The van der Waals surface area contributed by atoms with E-state index in [1.807, 2.05) is 0 Å². The van der Waals surface area contributed by atoms with E-state index in [1.54, 1.807) is 19.1 Å². The van der Waals surface area contributed by atoms with Crippen LogP contribution in [0.5, 0.6) is 0 Å². The summed E-state index contributed by atoms with van der Waals surface area (Å²) in [7, 11) is 0. The first-order valence-electron chi connectivity index (χ1n) is 7.62. The Morgan fingerprint density at radius 3 is 2.77 bits per heavy atom. The maximum Gasteiger partial charge on any atom is 0.253 e. The summed E-state index contributed by atoms with van der Waals surface area (Å²) in [4.78, 5) is 17.0. The van der Waals surface area contributed by atoms with Crippen molar-refractivity contribution in [2.45, 2.75) is 38.1 Å². The van der Waals surface area contributed by atoms with Crippen molar-refractivity contribution < 1.29 is 9.18 Å². The normalized spacial score (nSPS) is 16.9. The van der Waals surface area contributed by atoms with Crippen LogP contribution in [0.1, 0.15) is 41.7 Å². The lowest BCUT2D eigenvalue weighted by atomic mass is 9.97. The molecule has 5 heteroatoms. The van der Waals surface area contributed by atoms with Crippen molar-refractivity contribution in [3.05, 3.63) is 41.3 Å². The lowest BCUT2D eigenvalue weighted by Gasteiger charge is -2.29. The minimum Gasteiger partial charge on any atom is -0.345 e. The Balaban J connectivity index is 1.93. The molecule has 0 unspecified atom stereocenters. The number of hydrogen-bond acceptors (Lipinski definition) is 3. The van der Waals surface area contributed by atoms with Gasteiger partial charge in [0, 0.05) is 18.0 Å². The zero-order valence-electron chi connectivity index (χ0n) is 12.7. The first kappa shape index (κ1) is 14.9. The molecule has 0 bridgehead atoms. The quantitative estimate of drug-likeness (QED) is 0.916. The highest BCUT2D eigenvalue weighted by Crippen LogP contribution is 2.29. The number of nitrogens with one attached hydrogen (secondary N) is 1. The highest BCUT2D eigenvalue weighted by atomic mass is 19.1. The predicted molar refractivity (Wildman–Crippen MR) is 84.2 cm³/mol. The van der Waals surface area contributed by atoms with Gasteiger partial charge in [0.25, 0.3) is 5.91 Å². The van der Waals surface area contributed by atoms with Crippen LogP contribution in [-0.4, -0.2) is 23.0 Å². The largest absolute Gasteiger partial charge is 0.345 e. The molecule has 1 aliphatic carbocycles. The second-order valence-corrected chi connectivity index (χ2v) is 6.10. The van der Waals surface area contributed by atoms with Gasteiger partial charge in [-0.2, -0.15) is 0 Å². The number of carbonyl (C=O) groups excluding carboxylic acids is 1. The number of fused-ring (bicyclic) bond motifs is 1. The Hall–Kier alpha value is -2.01. The van der Waals surface area contributed by atoms with E-state index < -0.39 is 0 Å². The Labute approximate surface area is 128 Å². The average molecular weight is 301 g/mol. The molecule has 116 valence electrons. The number of nitrogens with two attached hydrogens (primary N) is 1. The number of aryl methyl sites for hydroxylation is 1. The van der Waals surface area contributed by atoms with Gasteiger partial charge in [0.15, 0.2) is 0 Å². The van der Waals surface area contributed by atoms with Crippen LogP contribution >= 0.6 is 0 Å². The topological polar surface area (TPSA) is 68.0 Å². The van der Waals surface area contributed by atoms with Crippen LogP contribution in [-0.2, 0) is 0 Å². The Kier molecular flexibility index (Phi) is 3.83. The number of carbonyl (C=O) groups is 1. The van der Waals surface area contributed by atoms with Crippen LogP contribution in [0.4, 0.5) is 4.39 Å². The summed E-state index contributed by atoms with van der Waals surface area (Å²) in [6.45, 7) is 2.22. The fourth-order valence-corrected chi connectivity index (χ4v) is 3.21. The Bertz CT molecular complexity index is 723. The van der Waals surface area contributed by atoms with Gasteiger partial charge >= 0.3 is 0 Å². The summed E-state index contributed by atoms with van der Waals surface area (Å²) in [5.74, 6) is -0.479. The number of hydrogen-bond donors (Lipinski definition) is 2. The van der Waals surface area contributed by atoms with Gasteiger partial charge < -0.3 is 11.1 Å². The first-order chi connectivity index (χ1) is 10.5. The van der Waals surface area contributed by atoms with Crippen molar-refractivity contribution >= 4 is 16.8 Å². The number of rotatable bonds is 3. The van der Waals surface area contributed by atoms with Gasteiger partial charge in [0.05, 0.1) is 22.3 Å². The average Bonchev–Trinajstić information content (AvgIpc) is 2.95. The molecule has 1 aliphatic rings. The molecule has 1 aromatic heterocycles. The Morgan fingerprint density at radius 1 is 1.36 bits per heavy atom. The third-order valence-corrected chi connectivity index (χ3v) is 4.54. The first-order valence-corrected chi connectivity index (χ1v) is 7.62. The van der Waals surface area contributed by atoms with Crippen LogP contribution < -0.4 is 11.1 Å². The second-order valence-electron chi connectivity index (χ2n) is 6.10. The van der Waals surface area contributed by atoms with Crippen molar-refractivity contribution in [2.75, 3.05) is 6.54 Å². The standard InChI is InChI=1S/C17H20FN3O/c1-11-14(8-12-4-5-13(18)9-15(12)20-11)16(22)21-17(10-19)6-2-3-7-17/h4-5,8-9H,2-3,6-7,10,19H2,1H3,(H,21,22). The zero-order valence-corrected chi connectivity index (χ0v) is 12.7. The molecule has 1 amide bonds. The smallest absolute Gasteiger partial charge is 0.253 e. The monoisotopic (exact) mass is 301 g/mol. The molecule has 1 saturated carbocycles. The third-order valence-electron chi connectivity index (χ3n) is 4.54. The summed E-state index contributed by atoms with van der Waals surface area (Å²) in [5.41, 5.74) is 7.26. The van der Waals surface area contributed by atoms with E-state index in [0.29, 0.717) is 23.3 Å². The maximum absolute atomic E-state index is 13.3. The molecule has 1 aromatic carbocycles. The van der Waals surface area contributed by atoms with Crippen LogP contribution in [0.2, 0.25) is 0 Å². The van der Waals surface area contributed by atoms with E-state index in [2.05, 4.69) is 10.3 Å². The maximum atomic E-state index is 13.3. The van der Waals surface area contributed by atoms with Gasteiger partial charge in [-0.05, 0) is 38.0 Å². The fraction of sp³-hybridized carbons (Fsp3) is 0.412. The van der Waals surface area contributed by atoms with Gasteiger partial charge in [-0.3, -0.25) is 9.78 Å². The van der Waals surface area contributed by atoms with Crippen molar-refractivity contribution in [3.63, 3.8) is 0 Å². The molecule has 0 saturated heterocycles. The minimum absolute atomic E-state index is 0.149. The zero-order chi connectivity index (χ0) is 15.7. The van der Waals surface area contributed by atoms with E-state index in [4.69, 9.17) is 5.73 Å². The van der Waals surface area contributed by atoms with Crippen molar-refractivity contribution in [2.24, 2.45) is 5.73 Å². The van der Waals surface area contributed by atoms with Crippen molar-refractivity contribution in [3.8, 4) is 0 Å². The summed E-state index contributed by atoms with van der Waals surface area (Å²) < 4.78 is 13.3. The minimum atomic E-state index is -0.329. The van der Waals surface area contributed by atoms with Crippen LogP contribution in [0.15, 0.2) is 24.3 Å². The molecule has 0 radical (unpaired) electrons. The molecule has 4 nitrogen and oxygen atoms in total. The van der Waals surface area contributed by atoms with E-state index >= 15 is 0 Å². The second kappa shape index (κ2) is 5.65. The van der Waals surface area contributed by atoms with Crippen LogP contribution in [0.25, 0.3) is 10.9 Å². The number of benzene rings is 1. The lowest BCUT2D eigenvalue weighted by molar-refractivity contribution is 0.0902. The molecule has 3 N–H and O–H groups in total. The predicted octanol–water partition coefficient (Wildman–Crippen LogP) is 2.68. The highest BCUT2D eigenvalue weighted by Gasteiger charge is 2.34. The summed E-state index contributed by atoms with van der Waals surface area (Å²) in [5, 5.41) is 3.85. The fourth-order valence-electron chi connectivity index (χ4n) is 3.21. The molecule has 0 spiro atoms. The number of amides is 1. The van der Waals surface area contributed by atoms with Gasteiger partial charge in [-0.15, -0.1) is 0 Å². The number of nitrogens with zero attached hydrogens (tertiary/aromatic N) is 1. The van der Waals surface area contributed by atoms with E-state index in [1.165, 1.54) is 12.1 Å². The summed E-state index contributed by atoms with van der Waals surface area (Å²) in [6.07, 6.45) is 4.01. The van der Waals surface area contributed by atoms with Gasteiger partial charge in [0.2, 0.25) is 0 Å². The van der Waals surface area contributed by atoms with E-state index in [9.17, 15) is 9.18 Å². The molecule has 2 aromatic rings. The lowest BCUT2D eigenvalue weighted by Crippen LogP contribution is -2.51. The van der Waals surface area contributed by atoms with Crippen molar-refractivity contribution in [1.82, 2.24) is 10.3 Å². The van der Waals surface area contributed by atoms with Crippen LogP contribution in [0, 0.1) is 12.7 Å². The van der Waals surface area contributed by atoms with Gasteiger partial charge in [0.1, 0.15) is 5.82 Å².